The lowest BCUT2D eigenvalue weighted by Gasteiger charge is -2.09. The number of hydrogen-bond acceptors (Lipinski definition) is 1. The first-order chi connectivity index (χ1) is 4.25. The molecular formula is C5H12N2OS. The van der Waals surface area contributed by atoms with Gasteiger partial charge < -0.3 is 0 Å². The average molecular weight is 148 g/mol. The molecule has 1 heterocycles. The van der Waals surface area contributed by atoms with Crippen molar-refractivity contribution >= 4 is 11.2 Å². The van der Waals surface area contributed by atoms with Crippen molar-refractivity contribution in [1.82, 2.24) is 8.61 Å². The van der Waals surface area contributed by atoms with Crippen molar-refractivity contribution < 1.29 is 4.21 Å². The Balaban J connectivity index is 2.51. The van der Waals surface area contributed by atoms with E-state index in [9.17, 15) is 4.21 Å². The molecular weight excluding hydrogens is 136 g/mol. The Morgan fingerprint density at radius 3 is 2.44 bits per heavy atom. The molecule has 0 saturated carbocycles. The topological polar surface area (TPSA) is 23.6 Å². The van der Waals surface area contributed by atoms with E-state index in [2.05, 4.69) is 0 Å². The van der Waals surface area contributed by atoms with Gasteiger partial charge in [0.15, 0.2) is 11.2 Å². The molecule has 1 saturated heterocycles. The third-order valence-corrected chi connectivity index (χ3v) is 3.10. The summed E-state index contributed by atoms with van der Waals surface area (Å²) in [7, 11) is 1.88. The summed E-state index contributed by atoms with van der Waals surface area (Å²) < 4.78 is 14.9. The molecule has 3 nitrogen and oxygen atoms in total. The molecule has 4 heteroatoms. The molecule has 1 aliphatic rings. The van der Waals surface area contributed by atoms with Gasteiger partial charge in [-0.05, 0) is 0 Å². The van der Waals surface area contributed by atoms with Crippen LogP contribution in [0.5, 0.6) is 0 Å². The van der Waals surface area contributed by atoms with Gasteiger partial charge in [0, 0.05) is 26.7 Å². The minimum Gasteiger partial charge on any atom is -0.225 e. The van der Waals surface area contributed by atoms with Crippen LogP contribution < -0.4 is 0 Å². The summed E-state index contributed by atoms with van der Waals surface area (Å²) in [6, 6.07) is 0. The molecule has 0 aromatic heterocycles. The van der Waals surface area contributed by atoms with Crippen molar-refractivity contribution in [2.24, 2.45) is 0 Å². The van der Waals surface area contributed by atoms with Crippen LogP contribution in [0.4, 0.5) is 0 Å². The van der Waals surface area contributed by atoms with E-state index in [0.29, 0.717) is 0 Å². The quantitative estimate of drug-likeness (QED) is 0.506. The largest absolute Gasteiger partial charge is 0.225 e. The Kier molecular flexibility index (Phi) is 2.21. The number of likely N-dealkylation sites (N-methyl/N-ethyl adjacent to an activating group) is 2. The molecule has 0 N–H and O–H groups in total. The zero-order chi connectivity index (χ0) is 6.85. The molecule has 54 valence electrons. The smallest absolute Gasteiger partial charge is 0.172 e. The third kappa shape index (κ3) is 1.31. The second-order valence-electron chi connectivity index (χ2n) is 2.10. The van der Waals surface area contributed by atoms with Crippen LogP contribution in [0.25, 0.3) is 0 Å². The fourth-order valence-corrected chi connectivity index (χ4v) is 1.97. The summed E-state index contributed by atoms with van der Waals surface area (Å²) in [5.41, 5.74) is 0. The van der Waals surface area contributed by atoms with Crippen molar-refractivity contribution in [1.29, 1.82) is 0 Å². The van der Waals surface area contributed by atoms with E-state index in [0.717, 1.165) is 19.6 Å². The maximum atomic E-state index is 11.1. The van der Waals surface area contributed by atoms with E-state index in [1.807, 2.05) is 22.6 Å². The van der Waals surface area contributed by atoms with E-state index in [1.54, 1.807) is 0 Å². The Morgan fingerprint density at radius 1 is 1.56 bits per heavy atom. The molecule has 1 atom stereocenters. The van der Waals surface area contributed by atoms with Gasteiger partial charge in [0.25, 0.3) is 0 Å². The summed E-state index contributed by atoms with van der Waals surface area (Å²) in [5, 5.41) is 0. The van der Waals surface area contributed by atoms with Gasteiger partial charge >= 0.3 is 0 Å². The molecule has 9 heavy (non-hydrogen) atoms. The second kappa shape index (κ2) is 2.77. The zero-order valence-corrected chi connectivity index (χ0v) is 6.65. The van der Waals surface area contributed by atoms with Gasteiger partial charge in [-0.25, -0.2) is 12.8 Å². The van der Waals surface area contributed by atoms with Crippen molar-refractivity contribution in [3.63, 3.8) is 0 Å². The first-order valence-electron chi connectivity index (χ1n) is 3.13. The van der Waals surface area contributed by atoms with Crippen LogP contribution >= 0.6 is 0 Å². The average Bonchev–Trinajstić information content (AvgIpc) is 2.15. The van der Waals surface area contributed by atoms with E-state index >= 15 is 0 Å². The summed E-state index contributed by atoms with van der Waals surface area (Å²) in [6.07, 6.45) is 0. The van der Waals surface area contributed by atoms with Gasteiger partial charge in [-0.3, -0.25) is 0 Å². The van der Waals surface area contributed by atoms with E-state index in [-0.39, 0.29) is 0 Å². The molecule has 0 bridgehead atoms. The summed E-state index contributed by atoms with van der Waals surface area (Å²) in [4.78, 5) is 0. The van der Waals surface area contributed by atoms with Gasteiger partial charge in [-0.15, -0.1) is 0 Å². The molecule has 0 aliphatic carbocycles. The van der Waals surface area contributed by atoms with Crippen LogP contribution in [-0.2, 0) is 11.2 Å². The number of rotatable bonds is 1. The van der Waals surface area contributed by atoms with E-state index in [1.165, 1.54) is 0 Å². The van der Waals surface area contributed by atoms with Gasteiger partial charge in [-0.2, -0.15) is 0 Å². The lowest BCUT2D eigenvalue weighted by Crippen LogP contribution is -2.23. The van der Waals surface area contributed by atoms with E-state index in [4.69, 9.17) is 0 Å². The van der Waals surface area contributed by atoms with E-state index < -0.39 is 11.2 Å². The summed E-state index contributed by atoms with van der Waals surface area (Å²) >= 11 is -0.839. The van der Waals surface area contributed by atoms with Crippen molar-refractivity contribution in [3.8, 4) is 0 Å². The molecule has 1 unspecified atom stereocenters. The second-order valence-corrected chi connectivity index (χ2v) is 3.71. The Labute approximate surface area is 58.4 Å². The predicted molar refractivity (Wildman–Crippen MR) is 38.0 cm³/mol. The maximum absolute atomic E-state index is 11.1. The normalized spacial score (nSPS) is 31.6. The van der Waals surface area contributed by atoms with Crippen LogP contribution in [-0.4, -0.2) is 39.5 Å². The highest BCUT2D eigenvalue weighted by molar-refractivity contribution is 7.80. The molecule has 0 radical (unpaired) electrons. The molecule has 1 fully saturated rings. The van der Waals surface area contributed by atoms with Crippen LogP contribution in [0.1, 0.15) is 6.92 Å². The molecule has 1 rings (SSSR count). The highest BCUT2D eigenvalue weighted by Gasteiger charge is 2.22. The monoisotopic (exact) mass is 148 g/mol. The Morgan fingerprint density at radius 2 is 2.22 bits per heavy atom. The lowest BCUT2D eigenvalue weighted by molar-refractivity contribution is 0.502. The first kappa shape index (κ1) is 7.18. The third-order valence-electron chi connectivity index (χ3n) is 1.50. The Hall–Kier alpha value is 0.0700. The first-order valence-corrected chi connectivity index (χ1v) is 4.20. The zero-order valence-electron chi connectivity index (χ0n) is 5.83. The fraction of sp³-hybridized carbons (Fsp3) is 1.00. The summed E-state index contributed by atoms with van der Waals surface area (Å²) in [6.45, 7) is 4.79. The standard InChI is InChI=1S/C5H12N2OS/c1-3-7-5-4-6(2)9(7)8/h3-5H2,1-2H3. The van der Waals surface area contributed by atoms with Gasteiger partial charge in [0.05, 0.1) is 0 Å². The van der Waals surface area contributed by atoms with Crippen LogP contribution in [0.2, 0.25) is 0 Å². The minimum atomic E-state index is -0.839. The summed E-state index contributed by atoms with van der Waals surface area (Å²) in [5.74, 6) is 0. The van der Waals surface area contributed by atoms with Gasteiger partial charge in [0.1, 0.15) is 0 Å². The number of hydrogen-bond donors (Lipinski definition) is 0. The highest BCUT2D eigenvalue weighted by Crippen LogP contribution is 2.07. The van der Waals surface area contributed by atoms with Gasteiger partial charge in [0.2, 0.25) is 0 Å². The van der Waals surface area contributed by atoms with Gasteiger partial charge in [-0.1, -0.05) is 6.92 Å². The molecule has 0 amide bonds. The molecule has 0 aromatic carbocycles. The Bertz CT molecular complexity index is 128. The fourth-order valence-electron chi connectivity index (χ4n) is 0.874. The van der Waals surface area contributed by atoms with Crippen molar-refractivity contribution in [2.45, 2.75) is 6.92 Å². The SMILES string of the molecule is CCN1CCN(C)S1=O. The molecule has 1 aliphatic heterocycles. The highest BCUT2D eigenvalue weighted by atomic mass is 32.2. The van der Waals surface area contributed by atoms with Crippen LogP contribution in [0.15, 0.2) is 0 Å². The van der Waals surface area contributed by atoms with Crippen molar-refractivity contribution in [2.75, 3.05) is 26.7 Å². The number of nitrogens with zero attached hydrogens (tertiary/aromatic N) is 2. The minimum absolute atomic E-state index is 0.839. The van der Waals surface area contributed by atoms with Crippen molar-refractivity contribution in [3.05, 3.63) is 0 Å². The van der Waals surface area contributed by atoms with Crippen LogP contribution in [0, 0.1) is 0 Å². The van der Waals surface area contributed by atoms with Crippen LogP contribution in [0.3, 0.4) is 0 Å². The maximum Gasteiger partial charge on any atom is 0.172 e. The predicted octanol–water partition coefficient (Wildman–Crippen LogP) is -0.168. The molecule has 0 aromatic rings. The molecule has 0 spiro atoms. The lowest BCUT2D eigenvalue weighted by atomic mass is 10.6.